The number of thioether (sulfide) groups is 1. The molecule has 32 heavy (non-hydrogen) atoms. The zero-order chi connectivity index (χ0) is 22.2. The van der Waals surface area contributed by atoms with Gasteiger partial charge < -0.3 is 19.2 Å². The molecule has 0 aliphatic rings. The number of nitrogens with zero attached hydrogens (tertiary/aromatic N) is 2. The van der Waals surface area contributed by atoms with Gasteiger partial charge in [-0.05, 0) is 54.1 Å². The smallest absolute Gasteiger partial charge is 0.277 e. The maximum absolute atomic E-state index is 12.3. The molecule has 8 heteroatoms. The summed E-state index contributed by atoms with van der Waals surface area (Å²) in [4.78, 5) is 12.3. The van der Waals surface area contributed by atoms with Crippen LogP contribution in [0.25, 0.3) is 11.5 Å². The summed E-state index contributed by atoms with van der Waals surface area (Å²) in [6.07, 6.45) is 0. The van der Waals surface area contributed by atoms with Crippen molar-refractivity contribution in [3.63, 3.8) is 0 Å². The second-order valence-corrected chi connectivity index (χ2v) is 7.66. The van der Waals surface area contributed by atoms with Crippen LogP contribution in [-0.4, -0.2) is 29.0 Å². The van der Waals surface area contributed by atoms with E-state index in [1.54, 1.807) is 19.2 Å². The zero-order valence-electron chi connectivity index (χ0n) is 17.4. The zero-order valence-corrected chi connectivity index (χ0v) is 18.2. The number of hydrogen-bond donors (Lipinski definition) is 1. The predicted molar refractivity (Wildman–Crippen MR) is 123 cm³/mol. The molecule has 0 radical (unpaired) electrons. The molecule has 3 aromatic carbocycles. The molecule has 0 bridgehead atoms. The molecule has 0 unspecified atom stereocenters. The molecule has 0 saturated carbocycles. The van der Waals surface area contributed by atoms with Crippen LogP contribution in [0.5, 0.6) is 11.5 Å². The second-order valence-electron chi connectivity index (χ2n) is 6.74. The first kappa shape index (κ1) is 21.5. The van der Waals surface area contributed by atoms with Crippen molar-refractivity contribution in [3.05, 3.63) is 84.4 Å². The van der Waals surface area contributed by atoms with E-state index < -0.39 is 0 Å². The first-order valence-electron chi connectivity index (χ1n) is 9.87. The average molecular weight is 448 g/mol. The highest BCUT2D eigenvalue weighted by atomic mass is 32.2. The van der Waals surface area contributed by atoms with Crippen LogP contribution >= 0.6 is 11.8 Å². The Bertz CT molecular complexity index is 1150. The molecule has 162 valence electrons. The molecule has 4 aromatic rings. The maximum atomic E-state index is 12.3. The number of anilines is 1. The highest BCUT2D eigenvalue weighted by Gasteiger charge is 2.12. The quantitative estimate of drug-likeness (QED) is 0.359. The van der Waals surface area contributed by atoms with E-state index in [1.165, 1.54) is 11.8 Å². The molecular formula is C24H21N3O4S. The molecule has 0 fully saturated rings. The number of nitrogens with one attached hydrogen (secondary N) is 1. The summed E-state index contributed by atoms with van der Waals surface area (Å²) in [6.45, 7) is 0.492. The number of amides is 1. The van der Waals surface area contributed by atoms with E-state index in [0.29, 0.717) is 23.4 Å². The van der Waals surface area contributed by atoms with Crippen molar-refractivity contribution in [3.8, 4) is 23.0 Å². The molecule has 0 aliphatic heterocycles. The summed E-state index contributed by atoms with van der Waals surface area (Å²) in [5.74, 6) is 1.85. The van der Waals surface area contributed by atoms with Gasteiger partial charge in [-0.15, -0.1) is 10.2 Å². The SMILES string of the molecule is COc1ccc(-c2nnc(SCC(=O)Nc3ccc(OCc4ccccc4)cc3)o2)cc1. The Morgan fingerprint density at radius 2 is 1.66 bits per heavy atom. The molecule has 1 amide bonds. The fourth-order valence-electron chi connectivity index (χ4n) is 2.82. The predicted octanol–water partition coefficient (Wildman–Crippen LogP) is 5.06. The van der Waals surface area contributed by atoms with Crippen molar-refractivity contribution in [1.82, 2.24) is 10.2 Å². The van der Waals surface area contributed by atoms with Gasteiger partial charge in [-0.25, -0.2) is 0 Å². The highest BCUT2D eigenvalue weighted by Crippen LogP contribution is 2.25. The van der Waals surface area contributed by atoms with Crippen molar-refractivity contribution in [2.75, 3.05) is 18.2 Å². The third kappa shape index (κ3) is 5.89. The van der Waals surface area contributed by atoms with E-state index in [-0.39, 0.29) is 11.7 Å². The summed E-state index contributed by atoms with van der Waals surface area (Å²) in [6, 6.07) is 24.5. The molecule has 4 rings (SSSR count). The van der Waals surface area contributed by atoms with Gasteiger partial charge in [0.2, 0.25) is 11.8 Å². The van der Waals surface area contributed by atoms with Crippen LogP contribution < -0.4 is 14.8 Å². The molecule has 0 spiro atoms. The average Bonchev–Trinajstić information content (AvgIpc) is 3.32. The largest absolute Gasteiger partial charge is 0.497 e. The van der Waals surface area contributed by atoms with Gasteiger partial charge in [-0.2, -0.15) is 0 Å². The van der Waals surface area contributed by atoms with Gasteiger partial charge in [0.15, 0.2) is 0 Å². The van der Waals surface area contributed by atoms with Crippen LogP contribution in [0, 0.1) is 0 Å². The molecule has 0 atom stereocenters. The molecule has 0 saturated heterocycles. The Balaban J connectivity index is 1.24. The Morgan fingerprint density at radius 1 is 0.938 bits per heavy atom. The van der Waals surface area contributed by atoms with Gasteiger partial charge in [0, 0.05) is 11.3 Å². The number of carbonyl (C=O) groups excluding carboxylic acids is 1. The lowest BCUT2D eigenvalue weighted by molar-refractivity contribution is -0.113. The van der Waals surface area contributed by atoms with Crippen LogP contribution in [0.15, 0.2) is 88.5 Å². The van der Waals surface area contributed by atoms with Crippen LogP contribution in [0.3, 0.4) is 0 Å². The van der Waals surface area contributed by atoms with Crippen molar-refractivity contribution < 1.29 is 18.7 Å². The Kier molecular flexibility index (Phi) is 7.04. The van der Waals surface area contributed by atoms with Gasteiger partial charge >= 0.3 is 0 Å². The van der Waals surface area contributed by atoms with E-state index in [1.807, 2.05) is 66.7 Å². The van der Waals surface area contributed by atoms with Crippen molar-refractivity contribution in [2.24, 2.45) is 0 Å². The normalized spacial score (nSPS) is 10.5. The van der Waals surface area contributed by atoms with E-state index in [4.69, 9.17) is 13.9 Å². The molecule has 0 aliphatic carbocycles. The fraction of sp³-hybridized carbons (Fsp3) is 0.125. The van der Waals surface area contributed by atoms with Gasteiger partial charge in [0.05, 0.1) is 12.9 Å². The fourth-order valence-corrected chi connectivity index (χ4v) is 3.38. The molecule has 7 nitrogen and oxygen atoms in total. The van der Waals surface area contributed by atoms with Gasteiger partial charge in [-0.3, -0.25) is 4.79 Å². The molecule has 1 N–H and O–H groups in total. The molecule has 1 heterocycles. The summed E-state index contributed by atoms with van der Waals surface area (Å²) < 4.78 is 16.5. The topological polar surface area (TPSA) is 86.5 Å². The first-order valence-corrected chi connectivity index (χ1v) is 10.9. The number of benzene rings is 3. The third-order valence-electron chi connectivity index (χ3n) is 4.46. The lowest BCUT2D eigenvalue weighted by Gasteiger charge is -2.08. The summed E-state index contributed by atoms with van der Waals surface area (Å²) >= 11 is 1.18. The first-order chi connectivity index (χ1) is 15.7. The van der Waals surface area contributed by atoms with Crippen molar-refractivity contribution in [2.45, 2.75) is 11.8 Å². The number of carbonyl (C=O) groups is 1. The Labute approximate surface area is 189 Å². The summed E-state index contributed by atoms with van der Waals surface area (Å²) in [5.41, 5.74) is 2.56. The van der Waals surface area contributed by atoms with Crippen molar-refractivity contribution in [1.29, 1.82) is 0 Å². The standard InChI is InChI=1S/C24H21N3O4S/c1-29-20-11-7-18(8-12-20)23-26-27-24(31-23)32-16-22(28)25-19-9-13-21(14-10-19)30-15-17-5-3-2-4-6-17/h2-14H,15-16H2,1H3,(H,25,28). The number of aromatic nitrogens is 2. The van der Waals surface area contributed by atoms with Crippen LogP contribution in [0.1, 0.15) is 5.56 Å². The van der Waals surface area contributed by atoms with E-state index in [9.17, 15) is 4.79 Å². The third-order valence-corrected chi connectivity index (χ3v) is 5.28. The van der Waals surface area contributed by atoms with Gasteiger partial charge in [0.1, 0.15) is 18.1 Å². The van der Waals surface area contributed by atoms with E-state index >= 15 is 0 Å². The lowest BCUT2D eigenvalue weighted by Crippen LogP contribution is -2.13. The Hall–Kier alpha value is -3.78. The number of ether oxygens (including phenoxy) is 2. The molecule has 1 aromatic heterocycles. The minimum atomic E-state index is -0.169. The molecular weight excluding hydrogens is 426 g/mol. The monoisotopic (exact) mass is 447 g/mol. The van der Waals surface area contributed by atoms with Crippen LogP contribution in [0.2, 0.25) is 0 Å². The summed E-state index contributed by atoms with van der Waals surface area (Å²) in [7, 11) is 1.61. The van der Waals surface area contributed by atoms with Crippen LogP contribution in [-0.2, 0) is 11.4 Å². The van der Waals surface area contributed by atoms with Crippen molar-refractivity contribution >= 4 is 23.4 Å². The van der Waals surface area contributed by atoms with E-state index in [0.717, 1.165) is 22.6 Å². The number of methoxy groups -OCH3 is 1. The van der Waals surface area contributed by atoms with Gasteiger partial charge in [-0.1, -0.05) is 42.1 Å². The Morgan fingerprint density at radius 3 is 2.38 bits per heavy atom. The van der Waals surface area contributed by atoms with Crippen LogP contribution in [0.4, 0.5) is 5.69 Å². The van der Waals surface area contributed by atoms with Gasteiger partial charge in [0.25, 0.3) is 5.22 Å². The maximum Gasteiger partial charge on any atom is 0.277 e. The summed E-state index contributed by atoms with van der Waals surface area (Å²) in [5, 5.41) is 11.2. The van der Waals surface area contributed by atoms with E-state index in [2.05, 4.69) is 15.5 Å². The lowest BCUT2D eigenvalue weighted by atomic mass is 10.2. The second kappa shape index (κ2) is 10.5. The minimum absolute atomic E-state index is 0.149. The number of rotatable bonds is 9. The minimum Gasteiger partial charge on any atom is -0.497 e. The highest BCUT2D eigenvalue weighted by molar-refractivity contribution is 7.99. The number of hydrogen-bond acceptors (Lipinski definition) is 7.